The SMILES string of the molecule is CCC1(c2ccccc2)OC(=O)[C@H](C)O1. The van der Waals surface area contributed by atoms with Gasteiger partial charge in [0.1, 0.15) is 0 Å². The van der Waals surface area contributed by atoms with Gasteiger partial charge in [0, 0.05) is 12.0 Å². The van der Waals surface area contributed by atoms with E-state index in [-0.39, 0.29) is 5.97 Å². The van der Waals surface area contributed by atoms with Crippen LogP contribution in [0.3, 0.4) is 0 Å². The lowest BCUT2D eigenvalue weighted by Gasteiger charge is -2.25. The predicted molar refractivity (Wildman–Crippen MR) is 55.1 cm³/mol. The summed E-state index contributed by atoms with van der Waals surface area (Å²) in [6.45, 7) is 3.65. The molecule has 1 unspecified atom stereocenters. The van der Waals surface area contributed by atoms with Gasteiger partial charge in [0.2, 0.25) is 5.79 Å². The first kappa shape index (κ1) is 10.2. The second-order valence-corrected chi connectivity index (χ2v) is 3.65. The van der Waals surface area contributed by atoms with Crippen molar-refractivity contribution >= 4 is 5.97 Å². The highest BCUT2D eigenvalue weighted by molar-refractivity contribution is 5.76. The Labute approximate surface area is 89.0 Å². The van der Waals surface area contributed by atoms with E-state index in [1.54, 1.807) is 6.92 Å². The van der Waals surface area contributed by atoms with Gasteiger partial charge >= 0.3 is 5.97 Å². The number of hydrogen-bond donors (Lipinski definition) is 0. The molecular weight excluding hydrogens is 192 g/mol. The van der Waals surface area contributed by atoms with Crippen LogP contribution in [0.2, 0.25) is 0 Å². The molecule has 0 aliphatic carbocycles. The molecule has 0 radical (unpaired) electrons. The average molecular weight is 206 g/mol. The normalized spacial score (nSPS) is 30.3. The smallest absolute Gasteiger partial charge is 0.337 e. The van der Waals surface area contributed by atoms with Crippen LogP contribution in [0, 0.1) is 0 Å². The second kappa shape index (κ2) is 3.66. The van der Waals surface area contributed by atoms with E-state index in [0.717, 1.165) is 5.56 Å². The van der Waals surface area contributed by atoms with Crippen molar-refractivity contribution in [1.82, 2.24) is 0 Å². The molecule has 15 heavy (non-hydrogen) atoms. The van der Waals surface area contributed by atoms with Gasteiger partial charge in [-0.1, -0.05) is 37.3 Å². The maximum Gasteiger partial charge on any atom is 0.337 e. The van der Waals surface area contributed by atoms with E-state index in [0.29, 0.717) is 6.42 Å². The number of hydrogen-bond acceptors (Lipinski definition) is 3. The third kappa shape index (κ3) is 1.63. The van der Waals surface area contributed by atoms with Gasteiger partial charge < -0.3 is 9.47 Å². The topological polar surface area (TPSA) is 35.5 Å². The minimum absolute atomic E-state index is 0.291. The summed E-state index contributed by atoms with van der Waals surface area (Å²) in [7, 11) is 0. The van der Waals surface area contributed by atoms with E-state index >= 15 is 0 Å². The number of rotatable bonds is 2. The Morgan fingerprint density at radius 2 is 2.00 bits per heavy atom. The summed E-state index contributed by atoms with van der Waals surface area (Å²) in [5, 5.41) is 0. The zero-order valence-corrected chi connectivity index (χ0v) is 8.90. The molecule has 1 aliphatic rings. The first-order chi connectivity index (χ1) is 7.18. The quantitative estimate of drug-likeness (QED) is 0.696. The van der Waals surface area contributed by atoms with Gasteiger partial charge in [0.15, 0.2) is 6.10 Å². The van der Waals surface area contributed by atoms with Crippen molar-refractivity contribution in [1.29, 1.82) is 0 Å². The third-order valence-electron chi connectivity index (χ3n) is 2.64. The van der Waals surface area contributed by atoms with Gasteiger partial charge in [-0.05, 0) is 6.92 Å². The summed E-state index contributed by atoms with van der Waals surface area (Å²) < 4.78 is 11.0. The highest BCUT2D eigenvalue weighted by atomic mass is 16.8. The fraction of sp³-hybridized carbons (Fsp3) is 0.417. The molecule has 1 saturated heterocycles. The van der Waals surface area contributed by atoms with Crippen LogP contribution in [0.25, 0.3) is 0 Å². The van der Waals surface area contributed by atoms with E-state index in [9.17, 15) is 4.79 Å². The zero-order valence-electron chi connectivity index (χ0n) is 8.90. The Hall–Kier alpha value is -1.35. The molecule has 0 saturated carbocycles. The fourth-order valence-corrected chi connectivity index (χ4v) is 1.78. The largest absolute Gasteiger partial charge is 0.427 e. The maximum atomic E-state index is 11.4. The molecule has 3 nitrogen and oxygen atoms in total. The summed E-state index contributed by atoms with van der Waals surface area (Å²) in [6.07, 6.45) is 0.137. The average Bonchev–Trinajstić information content (AvgIpc) is 2.57. The molecule has 3 heteroatoms. The number of ether oxygens (including phenoxy) is 2. The maximum absolute atomic E-state index is 11.4. The molecule has 0 bridgehead atoms. The molecule has 1 aromatic rings. The summed E-state index contributed by atoms with van der Waals surface area (Å²) in [4.78, 5) is 11.4. The van der Waals surface area contributed by atoms with Crippen molar-refractivity contribution in [2.45, 2.75) is 32.2 Å². The number of esters is 1. The van der Waals surface area contributed by atoms with Crippen LogP contribution in [0.5, 0.6) is 0 Å². The minimum atomic E-state index is -0.877. The van der Waals surface area contributed by atoms with E-state index in [1.807, 2.05) is 37.3 Å². The standard InChI is InChI=1S/C12H14O3/c1-3-12(10-7-5-4-6-8-10)14-9(2)11(13)15-12/h4-9H,3H2,1-2H3/t9-,12?/m0/s1. The first-order valence-electron chi connectivity index (χ1n) is 5.14. The molecule has 0 N–H and O–H groups in total. The van der Waals surface area contributed by atoms with Crippen molar-refractivity contribution in [3.63, 3.8) is 0 Å². The molecule has 1 aromatic carbocycles. The van der Waals surface area contributed by atoms with Gasteiger partial charge in [-0.15, -0.1) is 0 Å². The molecule has 2 rings (SSSR count). The highest BCUT2D eigenvalue weighted by Crippen LogP contribution is 2.37. The van der Waals surface area contributed by atoms with Crippen LogP contribution in [0.4, 0.5) is 0 Å². The third-order valence-corrected chi connectivity index (χ3v) is 2.64. The lowest BCUT2D eigenvalue weighted by atomic mass is 10.0. The van der Waals surface area contributed by atoms with E-state index in [2.05, 4.69) is 0 Å². The van der Waals surface area contributed by atoms with Gasteiger partial charge in [0.25, 0.3) is 0 Å². The second-order valence-electron chi connectivity index (χ2n) is 3.65. The summed E-state index contributed by atoms with van der Waals surface area (Å²) in [6, 6.07) is 9.57. The molecule has 1 heterocycles. The summed E-state index contributed by atoms with van der Waals surface area (Å²) >= 11 is 0. The fourth-order valence-electron chi connectivity index (χ4n) is 1.78. The number of benzene rings is 1. The summed E-state index contributed by atoms with van der Waals surface area (Å²) in [5.74, 6) is -1.17. The van der Waals surface area contributed by atoms with Crippen LogP contribution < -0.4 is 0 Å². The van der Waals surface area contributed by atoms with Crippen LogP contribution in [-0.2, 0) is 20.1 Å². The Morgan fingerprint density at radius 3 is 2.47 bits per heavy atom. The monoisotopic (exact) mass is 206 g/mol. The number of carbonyl (C=O) groups is 1. The molecule has 80 valence electrons. The van der Waals surface area contributed by atoms with Crippen molar-refractivity contribution in [3.8, 4) is 0 Å². The van der Waals surface area contributed by atoms with Gasteiger partial charge in [-0.25, -0.2) is 4.79 Å². The Morgan fingerprint density at radius 1 is 1.33 bits per heavy atom. The van der Waals surface area contributed by atoms with Crippen molar-refractivity contribution in [2.75, 3.05) is 0 Å². The molecule has 0 amide bonds. The number of cyclic esters (lactones) is 1. The molecule has 2 atom stereocenters. The number of carbonyl (C=O) groups excluding carboxylic acids is 1. The summed E-state index contributed by atoms with van der Waals surface area (Å²) in [5.41, 5.74) is 0.894. The zero-order chi connectivity index (χ0) is 10.9. The van der Waals surface area contributed by atoms with Gasteiger partial charge in [-0.2, -0.15) is 0 Å². The van der Waals surface area contributed by atoms with E-state index < -0.39 is 11.9 Å². The van der Waals surface area contributed by atoms with E-state index in [1.165, 1.54) is 0 Å². The minimum Gasteiger partial charge on any atom is -0.427 e. The highest BCUT2D eigenvalue weighted by Gasteiger charge is 2.46. The Bertz CT molecular complexity index is 360. The van der Waals surface area contributed by atoms with Gasteiger partial charge in [-0.3, -0.25) is 0 Å². The van der Waals surface area contributed by atoms with Crippen LogP contribution in [-0.4, -0.2) is 12.1 Å². The van der Waals surface area contributed by atoms with Crippen LogP contribution in [0.1, 0.15) is 25.8 Å². The van der Waals surface area contributed by atoms with Gasteiger partial charge in [0.05, 0.1) is 0 Å². The molecule has 1 aliphatic heterocycles. The molecular formula is C12H14O3. The van der Waals surface area contributed by atoms with Crippen LogP contribution >= 0.6 is 0 Å². The Balaban J connectivity index is 2.36. The molecule has 0 aromatic heterocycles. The molecule has 0 spiro atoms. The van der Waals surface area contributed by atoms with Crippen molar-refractivity contribution in [3.05, 3.63) is 35.9 Å². The Kier molecular flexibility index (Phi) is 2.49. The van der Waals surface area contributed by atoms with Crippen LogP contribution in [0.15, 0.2) is 30.3 Å². The lowest BCUT2D eigenvalue weighted by molar-refractivity contribution is -0.184. The first-order valence-corrected chi connectivity index (χ1v) is 5.14. The predicted octanol–water partition coefficient (Wildman–Crippen LogP) is 2.21. The lowest BCUT2D eigenvalue weighted by Crippen LogP contribution is -2.26. The van der Waals surface area contributed by atoms with Crippen molar-refractivity contribution < 1.29 is 14.3 Å². The molecule has 1 fully saturated rings. The van der Waals surface area contributed by atoms with E-state index in [4.69, 9.17) is 9.47 Å². The van der Waals surface area contributed by atoms with Crippen molar-refractivity contribution in [2.24, 2.45) is 0 Å².